The second-order valence-electron chi connectivity index (χ2n) is 5.31. The smallest absolute Gasteiger partial charge is 0.550 e. The predicted octanol–water partition coefficient (Wildman–Crippen LogP) is -0.940. The van der Waals surface area contributed by atoms with Crippen molar-refractivity contribution in [3.05, 3.63) is 0 Å². The van der Waals surface area contributed by atoms with E-state index in [9.17, 15) is 14.7 Å². The van der Waals surface area contributed by atoms with E-state index >= 15 is 0 Å². The van der Waals surface area contributed by atoms with Gasteiger partial charge >= 0.3 is 35.5 Å². The van der Waals surface area contributed by atoms with E-state index in [0.717, 1.165) is 12.8 Å². The number of ether oxygens (including phenoxy) is 1. The van der Waals surface area contributed by atoms with E-state index in [1.165, 1.54) is 19.3 Å². The first-order valence-electron chi connectivity index (χ1n) is 6.77. The molecule has 0 aromatic carbocycles. The molecule has 106 valence electrons. The van der Waals surface area contributed by atoms with Gasteiger partial charge in [-0.2, -0.15) is 0 Å². The standard InChI is InChI=1S/C14H26O4.Na/c1-4-5-6-7-8-11-18-12(15)9-10-14(2,3)13(16)17;/h4-11H2,1-3H3,(H,16,17);/q;+1/p-1. The molecule has 0 aromatic rings. The summed E-state index contributed by atoms with van der Waals surface area (Å²) in [7, 11) is 0. The minimum Gasteiger partial charge on any atom is -0.550 e. The summed E-state index contributed by atoms with van der Waals surface area (Å²) in [5.41, 5.74) is -0.972. The number of rotatable bonds is 10. The molecule has 0 heterocycles. The van der Waals surface area contributed by atoms with Crippen molar-refractivity contribution < 1.29 is 49.0 Å². The van der Waals surface area contributed by atoms with Crippen LogP contribution in [0.2, 0.25) is 0 Å². The van der Waals surface area contributed by atoms with Gasteiger partial charge in [-0.1, -0.05) is 46.5 Å². The summed E-state index contributed by atoms with van der Waals surface area (Å²) in [6.45, 7) is 5.70. The zero-order valence-electron chi connectivity index (χ0n) is 12.8. The summed E-state index contributed by atoms with van der Waals surface area (Å²) in [6, 6.07) is 0. The van der Waals surface area contributed by atoms with Gasteiger partial charge in [-0.15, -0.1) is 0 Å². The Balaban J connectivity index is 0. The molecule has 0 unspecified atom stereocenters. The SMILES string of the molecule is CCCCCCCOC(=O)CCC(C)(C)C(=O)[O-].[Na+]. The Bertz CT molecular complexity index is 264. The zero-order chi connectivity index (χ0) is 14.0. The maximum atomic E-state index is 11.4. The van der Waals surface area contributed by atoms with E-state index < -0.39 is 11.4 Å². The van der Waals surface area contributed by atoms with E-state index in [-0.39, 0.29) is 48.4 Å². The van der Waals surface area contributed by atoms with Gasteiger partial charge in [-0.05, 0) is 12.8 Å². The van der Waals surface area contributed by atoms with Gasteiger partial charge in [0.2, 0.25) is 0 Å². The molecule has 0 radical (unpaired) electrons. The van der Waals surface area contributed by atoms with Crippen molar-refractivity contribution in [3.63, 3.8) is 0 Å². The van der Waals surface area contributed by atoms with Gasteiger partial charge in [0.1, 0.15) is 0 Å². The first kappa shape index (κ1) is 21.2. The number of carbonyl (C=O) groups is 2. The quantitative estimate of drug-likeness (QED) is 0.294. The molecule has 0 rings (SSSR count). The third-order valence-electron chi connectivity index (χ3n) is 3.02. The van der Waals surface area contributed by atoms with Crippen LogP contribution in [0.15, 0.2) is 0 Å². The molecule has 0 saturated carbocycles. The van der Waals surface area contributed by atoms with E-state index in [1.807, 2.05) is 0 Å². The van der Waals surface area contributed by atoms with Crippen LogP contribution in [0.4, 0.5) is 0 Å². The number of carboxylic acid groups (broad SMARTS) is 1. The second-order valence-corrected chi connectivity index (χ2v) is 5.31. The van der Waals surface area contributed by atoms with E-state index in [4.69, 9.17) is 4.74 Å². The average Bonchev–Trinajstić information content (AvgIpc) is 2.31. The van der Waals surface area contributed by atoms with Crippen molar-refractivity contribution in [1.29, 1.82) is 0 Å². The molecule has 0 spiro atoms. The van der Waals surface area contributed by atoms with Crippen molar-refractivity contribution >= 4 is 11.9 Å². The zero-order valence-corrected chi connectivity index (χ0v) is 14.8. The Labute approximate surface area is 138 Å². The Hall–Kier alpha value is -0.0600. The topological polar surface area (TPSA) is 66.4 Å². The van der Waals surface area contributed by atoms with Crippen LogP contribution in [-0.2, 0) is 14.3 Å². The third kappa shape index (κ3) is 11.5. The molecule has 0 saturated heterocycles. The molecule has 0 aliphatic heterocycles. The minimum absolute atomic E-state index is 0. The molecular formula is C14H25NaO4. The molecule has 0 fully saturated rings. The Morgan fingerprint density at radius 1 is 1.11 bits per heavy atom. The van der Waals surface area contributed by atoms with Crippen LogP contribution >= 0.6 is 0 Å². The maximum absolute atomic E-state index is 11.4. The predicted molar refractivity (Wildman–Crippen MR) is 67.7 cm³/mol. The van der Waals surface area contributed by atoms with Gasteiger partial charge < -0.3 is 14.6 Å². The van der Waals surface area contributed by atoms with Crippen LogP contribution in [-0.4, -0.2) is 18.5 Å². The summed E-state index contributed by atoms with van der Waals surface area (Å²) in [5.74, 6) is -1.45. The van der Waals surface area contributed by atoms with Crippen LogP contribution in [0.25, 0.3) is 0 Å². The number of esters is 1. The monoisotopic (exact) mass is 280 g/mol. The van der Waals surface area contributed by atoms with Gasteiger partial charge in [0.05, 0.1) is 6.61 Å². The van der Waals surface area contributed by atoms with Crippen LogP contribution in [0.3, 0.4) is 0 Å². The molecule has 0 N–H and O–H groups in total. The number of hydrogen-bond acceptors (Lipinski definition) is 4. The van der Waals surface area contributed by atoms with Crippen molar-refractivity contribution in [1.82, 2.24) is 0 Å². The fourth-order valence-electron chi connectivity index (χ4n) is 1.48. The van der Waals surface area contributed by atoms with Crippen LogP contribution in [0.1, 0.15) is 65.7 Å². The average molecular weight is 280 g/mol. The van der Waals surface area contributed by atoms with Gasteiger partial charge in [0, 0.05) is 17.8 Å². The van der Waals surface area contributed by atoms with Crippen LogP contribution in [0.5, 0.6) is 0 Å². The third-order valence-corrected chi connectivity index (χ3v) is 3.02. The second kappa shape index (κ2) is 11.7. The number of unbranched alkanes of at least 4 members (excludes halogenated alkanes) is 4. The normalized spacial score (nSPS) is 10.7. The summed E-state index contributed by atoms with van der Waals surface area (Å²) in [6.07, 6.45) is 5.93. The fraction of sp³-hybridized carbons (Fsp3) is 0.857. The van der Waals surface area contributed by atoms with E-state index in [1.54, 1.807) is 13.8 Å². The maximum Gasteiger partial charge on any atom is 1.00 e. The molecule has 0 aliphatic rings. The molecule has 0 bridgehead atoms. The molecule has 4 nitrogen and oxygen atoms in total. The van der Waals surface area contributed by atoms with Crippen LogP contribution in [0, 0.1) is 5.41 Å². The molecule has 19 heavy (non-hydrogen) atoms. The van der Waals surface area contributed by atoms with Gasteiger partial charge in [-0.25, -0.2) is 0 Å². The van der Waals surface area contributed by atoms with Crippen LogP contribution < -0.4 is 34.7 Å². The first-order valence-corrected chi connectivity index (χ1v) is 6.77. The van der Waals surface area contributed by atoms with Crippen molar-refractivity contribution in [2.75, 3.05) is 6.61 Å². The van der Waals surface area contributed by atoms with Crippen molar-refractivity contribution in [3.8, 4) is 0 Å². The number of carbonyl (C=O) groups excluding carboxylic acids is 2. The Morgan fingerprint density at radius 3 is 2.21 bits per heavy atom. The molecule has 5 heteroatoms. The summed E-state index contributed by atoms with van der Waals surface area (Å²) < 4.78 is 5.05. The minimum atomic E-state index is -1.13. The fourth-order valence-corrected chi connectivity index (χ4v) is 1.48. The molecular weight excluding hydrogens is 255 g/mol. The molecule has 0 amide bonds. The summed E-state index contributed by atoms with van der Waals surface area (Å²) in [4.78, 5) is 22.1. The number of hydrogen-bond donors (Lipinski definition) is 0. The molecule has 0 aliphatic carbocycles. The number of aliphatic carboxylic acids is 1. The molecule has 0 atom stereocenters. The van der Waals surface area contributed by atoms with Gasteiger partial charge in [0.25, 0.3) is 0 Å². The Morgan fingerprint density at radius 2 is 1.68 bits per heavy atom. The molecule has 0 aromatic heterocycles. The number of carboxylic acids is 1. The van der Waals surface area contributed by atoms with Gasteiger partial charge in [0.15, 0.2) is 0 Å². The van der Waals surface area contributed by atoms with E-state index in [0.29, 0.717) is 6.61 Å². The van der Waals surface area contributed by atoms with Crippen molar-refractivity contribution in [2.45, 2.75) is 65.7 Å². The Kier molecular flexibility index (Phi) is 13.1. The van der Waals surface area contributed by atoms with Gasteiger partial charge in [-0.3, -0.25) is 4.79 Å². The first-order chi connectivity index (χ1) is 8.40. The summed E-state index contributed by atoms with van der Waals surface area (Å²) >= 11 is 0. The largest absolute Gasteiger partial charge is 1.00 e. The van der Waals surface area contributed by atoms with E-state index in [2.05, 4.69) is 6.92 Å². The summed E-state index contributed by atoms with van der Waals surface area (Å²) in [5, 5.41) is 10.7. The van der Waals surface area contributed by atoms with Crippen molar-refractivity contribution in [2.24, 2.45) is 5.41 Å².